The van der Waals surface area contributed by atoms with E-state index >= 15 is 0 Å². The molecule has 15 heteroatoms. The maximum atomic E-state index is 12.2. The van der Waals surface area contributed by atoms with E-state index in [1.165, 1.54) is 24.9 Å². The summed E-state index contributed by atoms with van der Waals surface area (Å²) in [4.78, 5) is 33.3. The van der Waals surface area contributed by atoms with E-state index in [0.29, 0.717) is 44.3 Å². The van der Waals surface area contributed by atoms with Crippen LogP contribution >= 0.6 is 23.4 Å². The van der Waals surface area contributed by atoms with E-state index in [2.05, 4.69) is 22.1 Å². The summed E-state index contributed by atoms with van der Waals surface area (Å²) in [7, 11) is 0. The molecular weight excluding hydrogens is 682 g/mol. The van der Waals surface area contributed by atoms with Gasteiger partial charge >= 0.3 is 11.9 Å². The van der Waals surface area contributed by atoms with Crippen molar-refractivity contribution in [3.05, 3.63) is 76.6 Å². The topological polar surface area (TPSA) is 226 Å². The van der Waals surface area contributed by atoms with Gasteiger partial charge in [0, 0.05) is 28.3 Å². The average Bonchev–Trinajstić information content (AvgIpc) is 3.58. The third-order valence-corrected chi connectivity index (χ3v) is 8.58. The van der Waals surface area contributed by atoms with Crippen molar-refractivity contribution in [2.45, 2.75) is 56.2 Å². The molecule has 0 radical (unpaired) electrons. The van der Waals surface area contributed by atoms with Gasteiger partial charge in [-0.15, -0.1) is 0 Å². The maximum Gasteiger partial charge on any atom is 0.323 e. The normalized spacial score (nSPS) is 12.7. The van der Waals surface area contributed by atoms with Crippen molar-refractivity contribution in [3.63, 3.8) is 0 Å². The van der Waals surface area contributed by atoms with E-state index < -0.39 is 30.1 Å². The van der Waals surface area contributed by atoms with Crippen molar-refractivity contribution >= 4 is 41.1 Å². The van der Waals surface area contributed by atoms with E-state index in [4.69, 9.17) is 47.4 Å². The SMILES string of the molecule is CC(N)C(=O)OC(CCOc1ccc(-c2c(C#N)c(N)nc(SCc3coc(-c4ccc(Cl)cc4)n3)c2C#N)cc1)COC(=O)C(N)C(C)C. The zero-order chi connectivity index (χ0) is 36.4. The van der Waals surface area contributed by atoms with Crippen LogP contribution in [0.25, 0.3) is 22.6 Å². The van der Waals surface area contributed by atoms with Crippen LogP contribution in [0, 0.1) is 28.6 Å². The van der Waals surface area contributed by atoms with E-state index in [1.54, 1.807) is 62.4 Å². The molecule has 2 heterocycles. The van der Waals surface area contributed by atoms with Crippen LogP contribution in [0.4, 0.5) is 5.82 Å². The fourth-order valence-electron chi connectivity index (χ4n) is 4.45. The Balaban J connectivity index is 1.46. The number of hydrogen-bond acceptors (Lipinski definition) is 14. The van der Waals surface area contributed by atoms with Gasteiger partial charge in [-0.1, -0.05) is 49.3 Å². The Kier molecular flexibility index (Phi) is 13.2. The standard InChI is InChI=1S/C35H36ClN7O6S/c1-19(2)30(40)35(45)48-17-26(49-34(44)20(3)39)12-13-46-25-10-6-21(7-11-25)29-27(14-37)31(41)43-33(28(29)15-38)50-18-24-16-47-32(42-24)22-4-8-23(36)9-5-22/h4-11,16,19-20,26,30H,12-13,17-18,39-40H2,1-3H3,(H2,41,43). The van der Waals surface area contributed by atoms with Crippen molar-refractivity contribution in [1.29, 1.82) is 10.5 Å². The number of anilines is 1. The lowest BCUT2D eigenvalue weighted by molar-refractivity contribution is -0.161. The van der Waals surface area contributed by atoms with Crippen molar-refractivity contribution in [2.24, 2.45) is 17.4 Å². The minimum absolute atomic E-state index is 0.0197. The largest absolute Gasteiger partial charge is 0.493 e. The minimum Gasteiger partial charge on any atom is -0.493 e. The van der Waals surface area contributed by atoms with Crippen LogP contribution in [-0.4, -0.2) is 53.3 Å². The Morgan fingerprint density at radius 3 is 2.24 bits per heavy atom. The van der Waals surface area contributed by atoms with Crippen molar-refractivity contribution in [2.75, 3.05) is 18.9 Å². The number of nitrogens with two attached hydrogens (primary N) is 3. The van der Waals surface area contributed by atoms with Gasteiger partial charge in [-0.3, -0.25) is 9.59 Å². The minimum atomic E-state index is -0.868. The van der Waals surface area contributed by atoms with E-state index in [1.807, 2.05) is 0 Å². The molecule has 0 bridgehead atoms. The zero-order valence-corrected chi connectivity index (χ0v) is 29.2. The number of ether oxygens (including phenoxy) is 3. The van der Waals surface area contributed by atoms with Crippen molar-refractivity contribution in [1.82, 2.24) is 9.97 Å². The molecule has 0 saturated heterocycles. The molecule has 6 N–H and O–H groups in total. The number of nitrogens with zero attached hydrogens (tertiary/aromatic N) is 4. The zero-order valence-electron chi connectivity index (χ0n) is 27.6. The molecule has 0 amide bonds. The maximum absolute atomic E-state index is 12.2. The smallest absolute Gasteiger partial charge is 0.323 e. The first kappa shape index (κ1) is 37.7. The number of nitriles is 2. The van der Waals surface area contributed by atoms with Gasteiger partial charge in [-0.2, -0.15) is 10.5 Å². The fraction of sp³-hybridized carbons (Fsp3) is 0.314. The van der Waals surface area contributed by atoms with Gasteiger partial charge in [0.2, 0.25) is 5.89 Å². The summed E-state index contributed by atoms with van der Waals surface area (Å²) in [5.41, 5.74) is 20.2. The van der Waals surface area contributed by atoms with Gasteiger partial charge in [0.05, 0.1) is 17.9 Å². The van der Waals surface area contributed by atoms with Crippen LogP contribution in [0.3, 0.4) is 0 Å². The molecule has 2 aromatic heterocycles. The predicted molar refractivity (Wildman–Crippen MR) is 187 cm³/mol. The number of pyridine rings is 1. The fourth-order valence-corrected chi connectivity index (χ4v) is 5.45. The lowest BCUT2D eigenvalue weighted by Gasteiger charge is -2.21. The highest BCUT2D eigenvalue weighted by Crippen LogP contribution is 2.37. The molecule has 0 aliphatic carbocycles. The lowest BCUT2D eigenvalue weighted by Crippen LogP contribution is -2.40. The van der Waals surface area contributed by atoms with Gasteiger partial charge in [0.25, 0.3) is 0 Å². The van der Waals surface area contributed by atoms with E-state index in [0.717, 1.165) is 5.56 Å². The molecule has 0 aliphatic heterocycles. The molecule has 13 nitrogen and oxygen atoms in total. The highest BCUT2D eigenvalue weighted by molar-refractivity contribution is 7.98. The number of rotatable bonds is 15. The number of benzene rings is 2. The number of thioether (sulfide) groups is 1. The van der Waals surface area contributed by atoms with Crippen LogP contribution in [0.5, 0.6) is 5.75 Å². The number of esters is 2. The second kappa shape index (κ2) is 17.5. The molecule has 3 unspecified atom stereocenters. The molecule has 4 rings (SSSR count). The first-order chi connectivity index (χ1) is 23.9. The van der Waals surface area contributed by atoms with Crippen molar-refractivity contribution < 1.29 is 28.2 Å². The summed E-state index contributed by atoms with van der Waals surface area (Å²) < 4.78 is 22.2. The second-order valence-corrected chi connectivity index (χ2v) is 12.9. The first-order valence-electron chi connectivity index (χ1n) is 15.5. The number of nitrogen functional groups attached to an aromatic ring is 1. The lowest BCUT2D eigenvalue weighted by atomic mass is 9.97. The summed E-state index contributed by atoms with van der Waals surface area (Å²) in [6.07, 6.45) is 0.898. The number of oxazole rings is 1. The molecule has 260 valence electrons. The Morgan fingerprint density at radius 1 is 0.960 bits per heavy atom. The van der Waals surface area contributed by atoms with E-state index in [9.17, 15) is 20.1 Å². The van der Waals surface area contributed by atoms with Gasteiger partial charge in [0.1, 0.15) is 65.4 Å². The second-order valence-electron chi connectivity index (χ2n) is 11.5. The number of hydrogen-bond donors (Lipinski definition) is 3. The molecule has 4 aromatic rings. The van der Waals surface area contributed by atoms with Crippen LogP contribution in [0.1, 0.15) is 44.0 Å². The molecule has 3 atom stereocenters. The van der Waals surface area contributed by atoms with Crippen LogP contribution in [0.15, 0.2) is 64.2 Å². The third kappa shape index (κ3) is 9.74. The summed E-state index contributed by atoms with van der Waals surface area (Å²) in [6.45, 7) is 4.96. The Hall–Kier alpha value is -5.12. The Morgan fingerprint density at radius 2 is 1.62 bits per heavy atom. The van der Waals surface area contributed by atoms with Gasteiger partial charge in [0.15, 0.2) is 0 Å². The average molecular weight is 718 g/mol. The number of halogens is 1. The number of carbonyl (C=O) groups is 2. The summed E-state index contributed by atoms with van der Waals surface area (Å²) in [5, 5.41) is 21.1. The van der Waals surface area contributed by atoms with Gasteiger partial charge in [-0.25, -0.2) is 9.97 Å². The van der Waals surface area contributed by atoms with Crippen molar-refractivity contribution in [3.8, 4) is 40.5 Å². The molecule has 0 spiro atoms. The molecule has 2 aromatic carbocycles. The van der Waals surface area contributed by atoms with Gasteiger partial charge in [-0.05, 0) is 54.8 Å². The monoisotopic (exact) mass is 717 g/mol. The van der Waals surface area contributed by atoms with Crippen LogP contribution < -0.4 is 21.9 Å². The quantitative estimate of drug-likeness (QED) is 0.106. The summed E-state index contributed by atoms with van der Waals surface area (Å²) >= 11 is 7.21. The molecule has 0 saturated carbocycles. The van der Waals surface area contributed by atoms with Crippen LogP contribution in [-0.2, 0) is 24.8 Å². The Bertz CT molecular complexity index is 1890. The van der Waals surface area contributed by atoms with E-state index in [-0.39, 0.29) is 42.5 Å². The van der Waals surface area contributed by atoms with Gasteiger partial charge < -0.3 is 35.8 Å². The predicted octanol–water partition coefficient (Wildman–Crippen LogP) is 5.23. The summed E-state index contributed by atoms with van der Waals surface area (Å²) in [6, 6.07) is 16.4. The molecule has 0 aliphatic rings. The third-order valence-electron chi connectivity index (χ3n) is 7.32. The van der Waals surface area contributed by atoms with Crippen LogP contribution in [0.2, 0.25) is 5.02 Å². The first-order valence-corrected chi connectivity index (χ1v) is 16.9. The molecule has 50 heavy (non-hydrogen) atoms. The molecule has 0 fully saturated rings. The highest BCUT2D eigenvalue weighted by atomic mass is 35.5. The highest BCUT2D eigenvalue weighted by Gasteiger charge is 2.24. The molecular formula is C35H36ClN7O6S. The number of aromatic nitrogens is 2. The number of carbonyl (C=O) groups excluding carboxylic acids is 2. The summed E-state index contributed by atoms with van der Waals surface area (Å²) in [5.74, 6) is -0.204. The Labute approximate surface area is 298 Å².